The third-order valence-electron chi connectivity index (χ3n) is 9.22. The molecule has 0 aromatic rings. The third-order valence-corrected chi connectivity index (χ3v) is 9.22. The molecular formula is C26H52. The number of rotatable bonds is 12. The lowest BCUT2D eigenvalue weighted by Crippen LogP contribution is -2.39. The van der Waals surface area contributed by atoms with E-state index >= 15 is 0 Å². The molecule has 0 N–H and O–H groups in total. The molecule has 6 unspecified atom stereocenters. The minimum absolute atomic E-state index is 0.804. The van der Waals surface area contributed by atoms with E-state index in [1.165, 1.54) is 38.5 Å². The molecule has 1 aliphatic rings. The molecule has 0 heteroatoms. The summed E-state index contributed by atoms with van der Waals surface area (Å²) in [5, 5.41) is 0. The van der Waals surface area contributed by atoms with E-state index in [0.717, 1.165) is 59.2 Å². The van der Waals surface area contributed by atoms with Gasteiger partial charge in [0.2, 0.25) is 0 Å². The van der Waals surface area contributed by atoms with E-state index in [-0.39, 0.29) is 0 Å². The van der Waals surface area contributed by atoms with Crippen LogP contribution in [0.4, 0.5) is 0 Å². The van der Waals surface area contributed by atoms with Gasteiger partial charge >= 0.3 is 0 Å². The maximum atomic E-state index is 2.60. The van der Waals surface area contributed by atoms with Crippen molar-refractivity contribution in [2.24, 2.45) is 59.2 Å². The highest BCUT2D eigenvalue weighted by Crippen LogP contribution is 2.48. The first-order valence-electron chi connectivity index (χ1n) is 12.2. The minimum atomic E-state index is 0.804. The van der Waals surface area contributed by atoms with Gasteiger partial charge in [0.1, 0.15) is 0 Å². The van der Waals surface area contributed by atoms with Gasteiger partial charge in [-0.05, 0) is 78.4 Å². The highest BCUT2D eigenvalue weighted by molar-refractivity contribution is 4.89. The van der Waals surface area contributed by atoms with E-state index < -0.39 is 0 Å². The van der Waals surface area contributed by atoms with Crippen LogP contribution < -0.4 is 0 Å². The zero-order valence-electron chi connectivity index (χ0n) is 20.0. The molecular weight excluding hydrogens is 312 g/mol. The fourth-order valence-electron chi connectivity index (χ4n) is 5.64. The van der Waals surface area contributed by atoms with Crippen molar-refractivity contribution >= 4 is 0 Å². The summed E-state index contributed by atoms with van der Waals surface area (Å²) in [5.74, 6) is 9.02. The second-order valence-corrected chi connectivity index (χ2v) is 10.6. The highest BCUT2D eigenvalue weighted by atomic mass is 14.5. The summed E-state index contributed by atoms with van der Waals surface area (Å²) in [6.07, 6.45) is 8.53. The lowest BCUT2D eigenvalue weighted by Gasteiger charge is -2.47. The summed E-state index contributed by atoms with van der Waals surface area (Å²) in [6, 6.07) is 0. The minimum Gasteiger partial charge on any atom is -0.0651 e. The lowest BCUT2D eigenvalue weighted by atomic mass is 9.59. The van der Waals surface area contributed by atoms with Crippen LogP contribution in [-0.2, 0) is 0 Å². The van der Waals surface area contributed by atoms with E-state index in [1.807, 2.05) is 0 Å². The van der Waals surface area contributed by atoms with Crippen molar-refractivity contribution in [2.45, 2.75) is 108 Å². The Morgan fingerprint density at radius 3 is 1.62 bits per heavy atom. The van der Waals surface area contributed by atoms with Crippen molar-refractivity contribution in [1.82, 2.24) is 0 Å². The molecule has 0 nitrogen and oxygen atoms in total. The summed E-state index contributed by atoms with van der Waals surface area (Å²) in [4.78, 5) is 0. The Bertz CT molecular complexity index is 360. The molecule has 0 aliphatic heterocycles. The van der Waals surface area contributed by atoms with Crippen LogP contribution in [0.25, 0.3) is 0 Å². The summed E-state index contributed by atoms with van der Waals surface area (Å²) in [5.41, 5.74) is 0. The van der Waals surface area contributed by atoms with E-state index in [1.54, 1.807) is 0 Å². The van der Waals surface area contributed by atoms with Crippen molar-refractivity contribution in [2.75, 3.05) is 0 Å². The Kier molecular flexibility index (Phi) is 10.3. The van der Waals surface area contributed by atoms with Crippen molar-refractivity contribution in [3.8, 4) is 0 Å². The van der Waals surface area contributed by atoms with Gasteiger partial charge in [-0.2, -0.15) is 0 Å². The van der Waals surface area contributed by atoms with Crippen LogP contribution in [-0.4, -0.2) is 0 Å². The highest BCUT2D eigenvalue weighted by Gasteiger charge is 2.40. The van der Waals surface area contributed by atoms with Crippen LogP contribution >= 0.6 is 0 Å². The van der Waals surface area contributed by atoms with E-state index in [9.17, 15) is 0 Å². The summed E-state index contributed by atoms with van der Waals surface area (Å²) in [6.45, 7) is 24.8. The molecule has 0 aromatic carbocycles. The SMILES string of the molecule is CCC(CC)CC(C(C)C(C)C)C(C)C(C)C(C)C1CC(C(C)CC)C1. The zero-order valence-corrected chi connectivity index (χ0v) is 20.0. The first kappa shape index (κ1) is 24.0. The first-order valence-corrected chi connectivity index (χ1v) is 12.2. The predicted molar refractivity (Wildman–Crippen MR) is 119 cm³/mol. The first-order chi connectivity index (χ1) is 12.2. The zero-order chi connectivity index (χ0) is 20.0. The average Bonchev–Trinajstić information content (AvgIpc) is 2.59. The fourth-order valence-corrected chi connectivity index (χ4v) is 5.64. The van der Waals surface area contributed by atoms with Gasteiger partial charge in [-0.1, -0.05) is 88.5 Å². The average molecular weight is 365 g/mol. The van der Waals surface area contributed by atoms with Gasteiger partial charge in [0.25, 0.3) is 0 Å². The van der Waals surface area contributed by atoms with Gasteiger partial charge in [-0.25, -0.2) is 0 Å². The lowest BCUT2D eigenvalue weighted by molar-refractivity contribution is 0.0268. The van der Waals surface area contributed by atoms with Crippen molar-refractivity contribution in [3.05, 3.63) is 0 Å². The molecule has 1 fully saturated rings. The molecule has 26 heavy (non-hydrogen) atoms. The second-order valence-electron chi connectivity index (χ2n) is 10.6. The molecule has 0 saturated heterocycles. The Balaban J connectivity index is 2.74. The van der Waals surface area contributed by atoms with E-state index in [4.69, 9.17) is 0 Å². The maximum absolute atomic E-state index is 2.60. The molecule has 1 aliphatic carbocycles. The van der Waals surface area contributed by atoms with Gasteiger partial charge in [-0.3, -0.25) is 0 Å². The molecule has 1 saturated carbocycles. The van der Waals surface area contributed by atoms with Crippen molar-refractivity contribution < 1.29 is 0 Å². The van der Waals surface area contributed by atoms with Crippen LogP contribution in [0.3, 0.4) is 0 Å². The maximum Gasteiger partial charge on any atom is -0.0355 e. The molecule has 0 radical (unpaired) electrons. The third kappa shape index (κ3) is 6.00. The fraction of sp³-hybridized carbons (Fsp3) is 1.00. The van der Waals surface area contributed by atoms with Gasteiger partial charge < -0.3 is 0 Å². The molecule has 0 aromatic heterocycles. The van der Waals surface area contributed by atoms with Crippen molar-refractivity contribution in [3.63, 3.8) is 0 Å². The second kappa shape index (κ2) is 11.1. The summed E-state index contributed by atoms with van der Waals surface area (Å²) in [7, 11) is 0. The van der Waals surface area contributed by atoms with Crippen LogP contribution in [0.1, 0.15) is 108 Å². The summed E-state index contributed by atoms with van der Waals surface area (Å²) >= 11 is 0. The van der Waals surface area contributed by atoms with Gasteiger partial charge in [-0.15, -0.1) is 0 Å². The largest absolute Gasteiger partial charge is 0.0651 e. The van der Waals surface area contributed by atoms with Crippen LogP contribution in [0.5, 0.6) is 0 Å². The molecule has 1 rings (SSSR count). The molecule has 156 valence electrons. The Labute approximate surface area is 167 Å². The van der Waals surface area contributed by atoms with Crippen LogP contribution in [0, 0.1) is 59.2 Å². The monoisotopic (exact) mass is 364 g/mol. The van der Waals surface area contributed by atoms with Crippen LogP contribution in [0.15, 0.2) is 0 Å². The molecule has 0 bridgehead atoms. The van der Waals surface area contributed by atoms with Crippen LogP contribution in [0.2, 0.25) is 0 Å². The molecule has 6 atom stereocenters. The number of hydrogen-bond acceptors (Lipinski definition) is 0. The van der Waals surface area contributed by atoms with Gasteiger partial charge in [0.15, 0.2) is 0 Å². The molecule has 0 spiro atoms. The Morgan fingerprint density at radius 1 is 0.654 bits per heavy atom. The van der Waals surface area contributed by atoms with Gasteiger partial charge in [0.05, 0.1) is 0 Å². The Hall–Kier alpha value is 0. The molecule has 0 heterocycles. The van der Waals surface area contributed by atoms with E-state index in [0.29, 0.717) is 0 Å². The topological polar surface area (TPSA) is 0 Å². The predicted octanol–water partition coefficient (Wildman–Crippen LogP) is 8.70. The normalized spacial score (nSPS) is 27.7. The Morgan fingerprint density at radius 2 is 1.19 bits per heavy atom. The number of hydrogen-bond donors (Lipinski definition) is 0. The smallest absolute Gasteiger partial charge is 0.0355 e. The summed E-state index contributed by atoms with van der Waals surface area (Å²) < 4.78 is 0. The standard InChI is InChI=1S/C26H52/c1-11-18(6)24-15-25(16-24)21(9)20(8)22(10)26(19(7)17(4)5)14-23(12-2)13-3/h17-26H,11-16H2,1-10H3. The molecule has 0 amide bonds. The van der Waals surface area contributed by atoms with Gasteiger partial charge in [0, 0.05) is 0 Å². The van der Waals surface area contributed by atoms with Crippen molar-refractivity contribution in [1.29, 1.82) is 0 Å². The van der Waals surface area contributed by atoms with E-state index in [2.05, 4.69) is 69.2 Å². The quantitative estimate of drug-likeness (QED) is 0.325.